The lowest BCUT2D eigenvalue weighted by Crippen LogP contribution is -2.47. The lowest BCUT2D eigenvalue weighted by Gasteiger charge is -2.37. The van der Waals surface area contributed by atoms with E-state index in [1.165, 1.54) is 0 Å². The van der Waals surface area contributed by atoms with Gasteiger partial charge in [0.25, 0.3) is 0 Å². The van der Waals surface area contributed by atoms with Gasteiger partial charge in [-0.1, -0.05) is 32.0 Å². The van der Waals surface area contributed by atoms with Crippen molar-refractivity contribution in [2.75, 3.05) is 30.3 Å². The van der Waals surface area contributed by atoms with E-state index in [0.717, 1.165) is 18.7 Å². The number of amides is 1. The Kier molecular flexibility index (Phi) is 4.71. The molecular formula is C18H26N2O3S. The number of anilines is 1. The molecule has 1 aromatic rings. The fourth-order valence-corrected chi connectivity index (χ4v) is 5.65. The minimum absolute atomic E-state index is 0.118. The minimum Gasteiger partial charge on any atom is -0.312 e. The van der Waals surface area contributed by atoms with Crippen molar-refractivity contribution in [1.29, 1.82) is 0 Å². The van der Waals surface area contributed by atoms with Gasteiger partial charge in [0.2, 0.25) is 15.9 Å². The Labute approximate surface area is 144 Å². The first-order chi connectivity index (χ1) is 11.3. The summed E-state index contributed by atoms with van der Waals surface area (Å²) < 4.78 is 26.4. The molecular weight excluding hydrogens is 324 g/mol. The van der Waals surface area contributed by atoms with E-state index in [1.807, 2.05) is 49.1 Å². The summed E-state index contributed by atoms with van der Waals surface area (Å²) >= 11 is 0. The summed E-state index contributed by atoms with van der Waals surface area (Å²) in [6, 6.07) is 9.74. The highest BCUT2D eigenvalue weighted by Gasteiger charge is 2.49. The van der Waals surface area contributed by atoms with Gasteiger partial charge in [-0.05, 0) is 37.3 Å². The molecule has 0 bridgehead atoms. The van der Waals surface area contributed by atoms with Gasteiger partial charge in [0.15, 0.2) is 0 Å². The van der Waals surface area contributed by atoms with E-state index in [-0.39, 0.29) is 23.0 Å². The number of sulfonamides is 1. The predicted octanol–water partition coefficient (Wildman–Crippen LogP) is 2.49. The standard InChI is InChI=1S/C18H26N2O3S/c1-15(2)14-24(22,23)19-11-8-18(9-12-19)10-13-20(17(18)21)16-6-4-3-5-7-16/h3-7,15H,8-14H2,1-2H3. The van der Waals surface area contributed by atoms with Crippen molar-refractivity contribution in [3.05, 3.63) is 30.3 Å². The molecule has 24 heavy (non-hydrogen) atoms. The number of hydrogen-bond donors (Lipinski definition) is 0. The Hall–Kier alpha value is -1.40. The number of para-hydroxylation sites is 1. The monoisotopic (exact) mass is 350 g/mol. The number of hydrogen-bond acceptors (Lipinski definition) is 3. The SMILES string of the molecule is CC(C)CS(=O)(=O)N1CCC2(CCN(c3ccccc3)C2=O)CC1. The maximum absolute atomic E-state index is 13.0. The molecule has 0 saturated carbocycles. The number of carbonyl (C=O) groups is 1. The van der Waals surface area contributed by atoms with Crippen LogP contribution in [0.3, 0.4) is 0 Å². The van der Waals surface area contributed by atoms with E-state index < -0.39 is 10.0 Å². The first-order valence-electron chi connectivity index (χ1n) is 8.69. The first kappa shape index (κ1) is 17.4. The second-order valence-electron chi connectivity index (χ2n) is 7.39. The van der Waals surface area contributed by atoms with Crippen molar-refractivity contribution in [1.82, 2.24) is 4.31 Å². The molecule has 0 aromatic heterocycles. The maximum Gasteiger partial charge on any atom is 0.233 e. The van der Waals surface area contributed by atoms with Crippen molar-refractivity contribution in [2.24, 2.45) is 11.3 Å². The van der Waals surface area contributed by atoms with Crippen molar-refractivity contribution in [2.45, 2.75) is 33.1 Å². The summed E-state index contributed by atoms with van der Waals surface area (Å²) in [5.74, 6) is 0.464. The average Bonchev–Trinajstić information content (AvgIpc) is 2.84. The van der Waals surface area contributed by atoms with Gasteiger partial charge in [-0.3, -0.25) is 4.79 Å². The third kappa shape index (κ3) is 3.22. The zero-order valence-corrected chi connectivity index (χ0v) is 15.3. The Morgan fingerprint density at radius 1 is 1.04 bits per heavy atom. The molecule has 132 valence electrons. The zero-order valence-electron chi connectivity index (χ0n) is 14.4. The predicted molar refractivity (Wildman–Crippen MR) is 95.3 cm³/mol. The highest BCUT2D eigenvalue weighted by atomic mass is 32.2. The third-order valence-corrected chi connectivity index (χ3v) is 7.44. The molecule has 5 nitrogen and oxygen atoms in total. The normalized spacial score (nSPS) is 21.8. The second kappa shape index (κ2) is 6.48. The van der Waals surface area contributed by atoms with Gasteiger partial charge < -0.3 is 4.90 Å². The maximum atomic E-state index is 13.0. The number of carbonyl (C=O) groups excluding carboxylic acids is 1. The van der Waals surface area contributed by atoms with E-state index >= 15 is 0 Å². The van der Waals surface area contributed by atoms with E-state index in [1.54, 1.807) is 4.31 Å². The molecule has 2 aliphatic heterocycles. The summed E-state index contributed by atoms with van der Waals surface area (Å²) in [5.41, 5.74) is 0.564. The number of benzene rings is 1. The highest BCUT2D eigenvalue weighted by molar-refractivity contribution is 7.89. The van der Waals surface area contributed by atoms with Gasteiger partial charge in [0.05, 0.1) is 11.2 Å². The molecule has 0 aliphatic carbocycles. The largest absolute Gasteiger partial charge is 0.312 e. The van der Waals surface area contributed by atoms with Gasteiger partial charge in [-0.2, -0.15) is 0 Å². The van der Waals surface area contributed by atoms with Gasteiger partial charge >= 0.3 is 0 Å². The van der Waals surface area contributed by atoms with Crippen LogP contribution >= 0.6 is 0 Å². The summed E-state index contributed by atoms with van der Waals surface area (Å²) in [6.45, 7) is 5.48. The van der Waals surface area contributed by atoms with Crippen molar-refractivity contribution < 1.29 is 13.2 Å². The van der Waals surface area contributed by atoms with Gasteiger partial charge in [-0.15, -0.1) is 0 Å². The van der Waals surface area contributed by atoms with Crippen LogP contribution in [0, 0.1) is 11.3 Å². The van der Waals surface area contributed by atoms with Crippen molar-refractivity contribution in [3.63, 3.8) is 0 Å². The summed E-state index contributed by atoms with van der Waals surface area (Å²) in [5, 5.41) is 0. The lowest BCUT2D eigenvalue weighted by molar-refractivity contribution is -0.127. The molecule has 2 fully saturated rings. The molecule has 0 unspecified atom stereocenters. The Balaban J connectivity index is 1.69. The molecule has 1 aromatic carbocycles. The second-order valence-corrected chi connectivity index (χ2v) is 9.41. The van der Waals surface area contributed by atoms with Crippen molar-refractivity contribution in [3.8, 4) is 0 Å². The highest BCUT2D eigenvalue weighted by Crippen LogP contribution is 2.43. The zero-order chi connectivity index (χ0) is 17.4. The quantitative estimate of drug-likeness (QED) is 0.838. The molecule has 6 heteroatoms. The number of nitrogens with zero attached hydrogens (tertiary/aromatic N) is 2. The van der Waals surface area contributed by atoms with Crippen LogP contribution in [0.1, 0.15) is 33.1 Å². The van der Waals surface area contributed by atoms with Gasteiger partial charge in [-0.25, -0.2) is 12.7 Å². The molecule has 0 N–H and O–H groups in total. The van der Waals surface area contributed by atoms with Crippen LogP contribution < -0.4 is 4.90 Å². The Bertz CT molecular complexity index is 692. The molecule has 0 atom stereocenters. The van der Waals surface area contributed by atoms with Crippen LogP contribution in [0.5, 0.6) is 0 Å². The van der Waals surface area contributed by atoms with Gasteiger partial charge in [0, 0.05) is 25.3 Å². The van der Waals surface area contributed by atoms with Gasteiger partial charge in [0.1, 0.15) is 0 Å². The molecule has 2 heterocycles. The topological polar surface area (TPSA) is 57.7 Å². The van der Waals surface area contributed by atoms with Crippen LogP contribution in [-0.2, 0) is 14.8 Å². The smallest absolute Gasteiger partial charge is 0.233 e. The van der Waals surface area contributed by atoms with Crippen LogP contribution in [0.15, 0.2) is 30.3 Å². The fraction of sp³-hybridized carbons (Fsp3) is 0.611. The number of rotatable bonds is 4. The fourth-order valence-electron chi connectivity index (χ4n) is 3.86. The van der Waals surface area contributed by atoms with E-state index in [4.69, 9.17) is 0 Å². The molecule has 1 spiro atoms. The summed E-state index contributed by atoms with van der Waals surface area (Å²) in [4.78, 5) is 14.8. The van der Waals surface area contributed by atoms with E-state index in [2.05, 4.69) is 0 Å². The molecule has 1 amide bonds. The Morgan fingerprint density at radius 3 is 2.21 bits per heavy atom. The molecule has 2 saturated heterocycles. The van der Waals surface area contributed by atoms with E-state index in [0.29, 0.717) is 25.9 Å². The van der Waals surface area contributed by atoms with Crippen molar-refractivity contribution >= 4 is 21.6 Å². The van der Waals surface area contributed by atoms with E-state index in [9.17, 15) is 13.2 Å². The van der Waals surface area contributed by atoms with Crippen LogP contribution in [0.4, 0.5) is 5.69 Å². The average molecular weight is 350 g/mol. The summed E-state index contributed by atoms with van der Waals surface area (Å²) in [6.07, 6.45) is 2.08. The van der Waals surface area contributed by atoms with Crippen LogP contribution in [0.2, 0.25) is 0 Å². The Morgan fingerprint density at radius 2 is 1.62 bits per heavy atom. The summed E-state index contributed by atoms with van der Waals surface area (Å²) in [7, 11) is -3.20. The first-order valence-corrected chi connectivity index (χ1v) is 10.3. The molecule has 0 radical (unpaired) electrons. The third-order valence-electron chi connectivity index (χ3n) is 5.20. The van der Waals surface area contributed by atoms with Crippen LogP contribution in [-0.4, -0.2) is 44.0 Å². The minimum atomic E-state index is -3.20. The molecule has 2 aliphatic rings. The number of piperidine rings is 1. The van der Waals surface area contributed by atoms with Crippen LogP contribution in [0.25, 0.3) is 0 Å². The molecule has 3 rings (SSSR count). The lowest BCUT2D eigenvalue weighted by atomic mass is 9.77.